The van der Waals surface area contributed by atoms with Crippen LogP contribution < -0.4 is 4.72 Å². The van der Waals surface area contributed by atoms with Gasteiger partial charge in [0.2, 0.25) is 5.09 Å². The summed E-state index contributed by atoms with van der Waals surface area (Å²) >= 11 is 0. The van der Waals surface area contributed by atoms with Gasteiger partial charge in [-0.1, -0.05) is 17.7 Å². The van der Waals surface area contributed by atoms with Crippen molar-refractivity contribution in [2.45, 2.75) is 18.6 Å². The first-order valence-corrected chi connectivity index (χ1v) is 6.78. The lowest BCUT2D eigenvalue weighted by Gasteiger charge is -2.05. The van der Waals surface area contributed by atoms with Gasteiger partial charge in [-0.2, -0.15) is 8.42 Å². The molecule has 6 heteroatoms. The SMILES string of the molecule is Cc1ccc(NS(=O)(=O)c2ccc(CO)o2)cc1. The van der Waals surface area contributed by atoms with Gasteiger partial charge >= 0.3 is 0 Å². The third-order valence-electron chi connectivity index (χ3n) is 2.36. The molecule has 0 aliphatic rings. The zero-order valence-corrected chi connectivity index (χ0v) is 10.6. The number of hydrogen-bond donors (Lipinski definition) is 2. The summed E-state index contributed by atoms with van der Waals surface area (Å²) in [4.78, 5) is 0. The molecule has 0 amide bonds. The van der Waals surface area contributed by atoms with Crippen molar-refractivity contribution in [3.05, 3.63) is 47.7 Å². The van der Waals surface area contributed by atoms with Crippen LogP contribution in [0.3, 0.4) is 0 Å². The van der Waals surface area contributed by atoms with Crippen LogP contribution in [-0.2, 0) is 16.6 Å². The quantitative estimate of drug-likeness (QED) is 0.886. The van der Waals surface area contributed by atoms with Crippen molar-refractivity contribution in [3.63, 3.8) is 0 Å². The first-order valence-electron chi connectivity index (χ1n) is 5.30. The first kappa shape index (κ1) is 12.7. The Labute approximate surface area is 105 Å². The van der Waals surface area contributed by atoms with Gasteiger partial charge in [0.1, 0.15) is 12.4 Å². The van der Waals surface area contributed by atoms with Crippen LogP contribution in [0.25, 0.3) is 0 Å². The van der Waals surface area contributed by atoms with Gasteiger partial charge < -0.3 is 9.52 Å². The molecule has 0 spiro atoms. The Kier molecular flexibility index (Phi) is 3.40. The Morgan fingerprint density at radius 1 is 1.17 bits per heavy atom. The van der Waals surface area contributed by atoms with Crippen LogP contribution in [0.15, 0.2) is 45.9 Å². The number of benzene rings is 1. The van der Waals surface area contributed by atoms with Gasteiger partial charge in [0.15, 0.2) is 0 Å². The fraction of sp³-hybridized carbons (Fsp3) is 0.167. The zero-order chi connectivity index (χ0) is 13.2. The van der Waals surface area contributed by atoms with Crippen LogP contribution >= 0.6 is 0 Å². The van der Waals surface area contributed by atoms with Crippen molar-refractivity contribution >= 4 is 15.7 Å². The van der Waals surface area contributed by atoms with Crippen LogP contribution in [0, 0.1) is 6.92 Å². The second kappa shape index (κ2) is 4.83. The first-order chi connectivity index (χ1) is 8.51. The average molecular weight is 267 g/mol. The van der Waals surface area contributed by atoms with Crippen molar-refractivity contribution in [3.8, 4) is 0 Å². The van der Waals surface area contributed by atoms with Gasteiger partial charge in [-0.15, -0.1) is 0 Å². The molecular formula is C12H13NO4S. The molecule has 0 radical (unpaired) electrons. The van der Waals surface area contributed by atoms with Gasteiger partial charge in [0, 0.05) is 5.69 Å². The zero-order valence-electron chi connectivity index (χ0n) is 9.75. The van der Waals surface area contributed by atoms with E-state index in [1.54, 1.807) is 24.3 Å². The van der Waals surface area contributed by atoms with Crippen molar-refractivity contribution in [2.75, 3.05) is 4.72 Å². The smallest absolute Gasteiger partial charge is 0.295 e. The van der Waals surface area contributed by atoms with Gasteiger partial charge in [-0.05, 0) is 31.2 Å². The number of nitrogens with one attached hydrogen (secondary N) is 1. The summed E-state index contributed by atoms with van der Waals surface area (Å²) in [5.74, 6) is 0.208. The molecular weight excluding hydrogens is 254 g/mol. The van der Waals surface area contributed by atoms with E-state index >= 15 is 0 Å². The largest absolute Gasteiger partial charge is 0.445 e. The summed E-state index contributed by atoms with van der Waals surface area (Å²) in [6.07, 6.45) is 0. The highest BCUT2D eigenvalue weighted by molar-refractivity contribution is 7.92. The highest BCUT2D eigenvalue weighted by atomic mass is 32.2. The lowest BCUT2D eigenvalue weighted by atomic mass is 10.2. The van der Waals surface area contributed by atoms with Crippen LogP contribution in [0.5, 0.6) is 0 Å². The van der Waals surface area contributed by atoms with E-state index < -0.39 is 10.0 Å². The molecule has 1 aromatic heterocycles. The van der Waals surface area contributed by atoms with E-state index in [2.05, 4.69) is 4.72 Å². The highest BCUT2D eigenvalue weighted by Gasteiger charge is 2.18. The molecule has 0 aliphatic heterocycles. The molecule has 2 rings (SSSR count). The standard InChI is InChI=1S/C12H13NO4S/c1-9-2-4-10(5-3-9)13-18(15,16)12-7-6-11(8-14)17-12/h2-7,13-14H,8H2,1H3. The van der Waals surface area contributed by atoms with Crippen molar-refractivity contribution < 1.29 is 17.9 Å². The third-order valence-corrected chi connectivity index (χ3v) is 3.62. The van der Waals surface area contributed by atoms with Crippen LogP contribution in [0.2, 0.25) is 0 Å². The number of sulfonamides is 1. The molecule has 0 saturated carbocycles. The topological polar surface area (TPSA) is 79.5 Å². The Hall–Kier alpha value is -1.79. The molecule has 0 unspecified atom stereocenters. The molecule has 2 N–H and O–H groups in total. The Morgan fingerprint density at radius 2 is 1.83 bits per heavy atom. The van der Waals surface area contributed by atoms with Crippen molar-refractivity contribution in [1.82, 2.24) is 0 Å². The molecule has 0 atom stereocenters. The minimum absolute atomic E-state index is 0.208. The number of anilines is 1. The summed E-state index contributed by atoms with van der Waals surface area (Å²) in [5.41, 5.74) is 1.50. The molecule has 2 aromatic rings. The van der Waals surface area contributed by atoms with Gasteiger partial charge in [-0.3, -0.25) is 4.72 Å². The molecule has 0 fully saturated rings. The van der Waals surface area contributed by atoms with Crippen LogP contribution in [-0.4, -0.2) is 13.5 Å². The Balaban J connectivity index is 2.24. The summed E-state index contributed by atoms with van der Waals surface area (Å²) in [7, 11) is -3.74. The van der Waals surface area contributed by atoms with E-state index in [9.17, 15) is 8.42 Å². The van der Waals surface area contributed by atoms with E-state index in [1.165, 1.54) is 12.1 Å². The van der Waals surface area contributed by atoms with E-state index in [0.717, 1.165) is 5.56 Å². The number of aliphatic hydroxyl groups is 1. The monoisotopic (exact) mass is 267 g/mol. The normalized spacial score (nSPS) is 11.4. The fourth-order valence-corrected chi connectivity index (χ4v) is 2.43. The van der Waals surface area contributed by atoms with Crippen molar-refractivity contribution in [1.29, 1.82) is 0 Å². The molecule has 1 heterocycles. The molecule has 0 bridgehead atoms. The Morgan fingerprint density at radius 3 is 2.39 bits per heavy atom. The maximum Gasteiger partial charge on any atom is 0.295 e. The van der Waals surface area contributed by atoms with Gasteiger partial charge in [0.25, 0.3) is 10.0 Å². The minimum Gasteiger partial charge on any atom is -0.445 e. The second-order valence-corrected chi connectivity index (χ2v) is 5.46. The fourth-order valence-electron chi connectivity index (χ4n) is 1.41. The number of aryl methyl sites for hydroxylation is 1. The number of furan rings is 1. The molecule has 0 saturated heterocycles. The minimum atomic E-state index is -3.74. The lowest BCUT2D eigenvalue weighted by molar-refractivity contribution is 0.236. The number of aliphatic hydroxyl groups excluding tert-OH is 1. The molecule has 5 nitrogen and oxygen atoms in total. The molecule has 96 valence electrons. The van der Waals surface area contributed by atoms with E-state index in [-0.39, 0.29) is 17.5 Å². The Bertz CT molecular complexity index is 628. The maximum absolute atomic E-state index is 11.9. The van der Waals surface area contributed by atoms with E-state index in [0.29, 0.717) is 5.69 Å². The number of hydrogen-bond acceptors (Lipinski definition) is 4. The summed E-state index contributed by atoms with van der Waals surface area (Å²) in [6, 6.07) is 9.68. The summed E-state index contributed by atoms with van der Waals surface area (Å²) < 4.78 is 31.2. The van der Waals surface area contributed by atoms with E-state index in [4.69, 9.17) is 9.52 Å². The van der Waals surface area contributed by atoms with Crippen molar-refractivity contribution in [2.24, 2.45) is 0 Å². The average Bonchev–Trinajstić information content (AvgIpc) is 2.81. The summed E-state index contributed by atoms with van der Waals surface area (Å²) in [5, 5.41) is 8.61. The molecule has 1 aromatic carbocycles. The van der Waals surface area contributed by atoms with Crippen LogP contribution in [0.1, 0.15) is 11.3 Å². The van der Waals surface area contributed by atoms with E-state index in [1.807, 2.05) is 6.92 Å². The van der Waals surface area contributed by atoms with Gasteiger partial charge in [-0.25, -0.2) is 0 Å². The second-order valence-electron chi connectivity index (χ2n) is 3.85. The lowest BCUT2D eigenvalue weighted by Crippen LogP contribution is -2.12. The number of rotatable bonds is 4. The van der Waals surface area contributed by atoms with Gasteiger partial charge in [0.05, 0.1) is 0 Å². The molecule has 18 heavy (non-hydrogen) atoms. The predicted molar refractivity (Wildman–Crippen MR) is 66.6 cm³/mol. The summed E-state index contributed by atoms with van der Waals surface area (Å²) in [6.45, 7) is 1.58. The highest BCUT2D eigenvalue weighted by Crippen LogP contribution is 2.18. The maximum atomic E-state index is 11.9. The predicted octanol–water partition coefficient (Wildman–Crippen LogP) is 1.88. The molecule has 0 aliphatic carbocycles. The third kappa shape index (κ3) is 2.72. The van der Waals surface area contributed by atoms with Crippen LogP contribution in [0.4, 0.5) is 5.69 Å².